The number of nitrogens with zero attached hydrogens (tertiary/aromatic N) is 1. The molecule has 0 saturated carbocycles. The maximum Gasteiger partial charge on any atom is 0.224 e. The summed E-state index contributed by atoms with van der Waals surface area (Å²) in [6.45, 7) is 1.07. The number of nitrogens with two attached hydrogens (primary N) is 1. The topological polar surface area (TPSA) is 67.6 Å². The van der Waals surface area contributed by atoms with Crippen molar-refractivity contribution >= 4 is 29.0 Å². The number of nitrogen functional groups attached to an aromatic ring is 1. The van der Waals surface area contributed by atoms with Crippen LogP contribution in [0, 0.1) is 0 Å². The minimum absolute atomic E-state index is 0.00731. The first-order valence-corrected chi connectivity index (χ1v) is 8.14. The molecule has 118 valence electrons. The van der Waals surface area contributed by atoms with Gasteiger partial charge in [0.2, 0.25) is 5.91 Å². The van der Waals surface area contributed by atoms with E-state index in [0.717, 1.165) is 24.5 Å². The van der Waals surface area contributed by atoms with Gasteiger partial charge in [-0.25, -0.2) is 0 Å². The molecule has 6 heteroatoms. The van der Waals surface area contributed by atoms with Crippen LogP contribution in [0.1, 0.15) is 12.8 Å². The fourth-order valence-corrected chi connectivity index (χ4v) is 2.77. The molecule has 0 radical (unpaired) electrons. The van der Waals surface area contributed by atoms with Gasteiger partial charge in [-0.2, -0.15) is 11.8 Å². The summed E-state index contributed by atoms with van der Waals surface area (Å²) >= 11 is 1.87. The lowest BCUT2D eigenvalue weighted by molar-refractivity contribution is -0.116. The predicted molar refractivity (Wildman–Crippen MR) is 91.1 cm³/mol. The standard InChI is InChI=1S/C15H25N3O2S/c1-18(2)8-10-21-9-4-5-15(19)17-13-11-12(16)6-7-14(13)20-3/h6-7,11H,4-5,8-10,16H2,1-3H3,(H,17,19). The van der Waals surface area contributed by atoms with Gasteiger partial charge >= 0.3 is 0 Å². The van der Waals surface area contributed by atoms with Crippen molar-refractivity contribution in [3.05, 3.63) is 18.2 Å². The fourth-order valence-electron chi connectivity index (χ4n) is 1.72. The van der Waals surface area contributed by atoms with Gasteiger partial charge < -0.3 is 20.7 Å². The van der Waals surface area contributed by atoms with Crippen molar-refractivity contribution < 1.29 is 9.53 Å². The van der Waals surface area contributed by atoms with E-state index in [0.29, 0.717) is 23.5 Å². The summed E-state index contributed by atoms with van der Waals surface area (Å²) in [5, 5.41) is 2.85. The molecule has 0 aliphatic carbocycles. The third-order valence-electron chi connectivity index (χ3n) is 2.87. The van der Waals surface area contributed by atoms with E-state index in [2.05, 4.69) is 24.3 Å². The van der Waals surface area contributed by atoms with Crippen LogP contribution < -0.4 is 15.8 Å². The minimum atomic E-state index is -0.00731. The normalized spacial score (nSPS) is 10.7. The first-order chi connectivity index (χ1) is 10.0. The van der Waals surface area contributed by atoms with Crippen LogP contribution in [0.5, 0.6) is 5.75 Å². The van der Waals surface area contributed by atoms with Crippen molar-refractivity contribution in [2.75, 3.05) is 50.3 Å². The van der Waals surface area contributed by atoms with E-state index in [1.807, 2.05) is 11.8 Å². The molecule has 0 spiro atoms. The van der Waals surface area contributed by atoms with Crippen LogP contribution in [0.3, 0.4) is 0 Å². The van der Waals surface area contributed by atoms with Crippen LogP contribution in [0.2, 0.25) is 0 Å². The summed E-state index contributed by atoms with van der Waals surface area (Å²) in [6.07, 6.45) is 1.38. The van der Waals surface area contributed by atoms with Crippen LogP contribution in [0.15, 0.2) is 18.2 Å². The number of hydrogen-bond acceptors (Lipinski definition) is 5. The number of carbonyl (C=O) groups excluding carboxylic acids is 1. The fraction of sp³-hybridized carbons (Fsp3) is 0.533. The van der Waals surface area contributed by atoms with Gasteiger partial charge in [0.25, 0.3) is 0 Å². The van der Waals surface area contributed by atoms with Gasteiger partial charge in [0.05, 0.1) is 12.8 Å². The SMILES string of the molecule is COc1ccc(N)cc1NC(=O)CCCSCCN(C)C. The zero-order chi connectivity index (χ0) is 15.7. The van der Waals surface area contributed by atoms with Crippen molar-refractivity contribution in [1.82, 2.24) is 4.90 Å². The lowest BCUT2D eigenvalue weighted by Gasteiger charge is -2.11. The Bertz CT molecular complexity index is 453. The number of anilines is 2. The van der Waals surface area contributed by atoms with E-state index in [1.54, 1.807) is 25.3 Å². The molecule has 0 aliphatic rings. The highest BCUT2D eigenvalue weighted by Crippen LogP contribution is 2.26. The molecule has 0 unspecified atom stereocenters. The number of methoxy groups -OCH3 is 1. The zero-order valence-electron chi connectivity index (χ0n) is 13.0. The van der Waals surface area contributed by atoms with Crippen molar-refractivity contribution in [3.63, 3.8) is 0 Å². The summed E-state index contributed by atoms with van der Waals surface area (Å²) in [5.74, 6) is 2.71. The lowest BCUT2D eigenvalue weighted by atomic mass is 10.2. The highest BCUT2D eigenvalue weighted by Gasteiger charge is 2.07. The summed E-state index contributed by atoms with van der Waals surface area (Å²) in [4.78, 5) is 14.1. The molecule has 0 saturated heterocycles. The maximum atomic E-state index is 11.9. The third kappa shape index (κ3) is 7.24. The van der Waals surface area contributed by atoms with Crippen LogP contribution in [0.4, 0.5) is 11.4 Å². The molecule has 0 heterocycles. The number of hydrogen-bond donors (Lipinski definition) is 2. The number of amides is 1. The van der Waals surface area contributed by atoms with Crippen LogP contribution in [0.25, 0.3) is 0 Å². The van der Waals surface area contributed by atoms with E-state index < -0.39 is 0 Å². The molecule has 1 aromatic rings. The van der Waals surface area contributed by atoms with Gasteiger partial charge in [0, 0.05) is 24.4 Å². The van der Waals surface area contributed by atoms with Crippen molar-refractivity contribution in [2.24, 2.45) is 0 Å². The Kier molecular flexibility index (Phi) is 8.00. The van der Waals surface area contributed by atoms with E-state index in [-0.39, 0.29) is 5.91 Å². The third-order valence-corrected chi connectivity index (χ3v) is 3.92. The monoisotopic (exact) mass is 311 g/mol. The molecular weight excluding hydrogens is 286 g/mol. The van der Waals surface area contributed by atoms with Crippen molar-refractivity contribution in [2.45, 2.75) is 12.8 Å². The Labute approximate surface area is 131 Å². The molecule has 0 bridgehead atoms. The molecule has 1 rings (SSSR count). The largest absolute Gasteiger partial charge is 0.495 e. The Morgan fingerprint density at radius 1 is 1.38 bits per heavy atom. The summed E-state index contributed by atoms with van der Waals surface area (Å²) in [5.41, 5.74) is 6.95. The summed E-state index contributed by atoms with van der Waals surface area (Å²) in [7, 11) is 5.70. The molecule has 0 aliphatic heterocycles. The highest BCUT2D eigenvalue weighted by atomic mass is 32.2. The summed E-state index contributed by atoms with van der Waals surface area (Å²) < 4.78 is 5.20. The van der Waals surface area contributed by atoms with Crippen molar-refractivity contribution in [1.29, 1.82) is 0 Å². The predicted octanol–water partition coefficient (Wildman–Crippen LogP) is 2.29. The Balaban J connectivity index is 2.29. The molecule has 1 amide bonds. The first-order valence-electron chi connectivity index (χ1n) is 6.98. The van der Waals surface area contributed by atoms with Gasteiger partial charge in [-0.1, -0.05) is 0 Å². The summed E-state index contributed by atoms with van der Waals surface area (Å²) in [6, 6.07) is 5.21. The molecular formula is C15H25N3O2S. The first kappa shape index (κ1) is 17.7. The van der Waals surface area contributed by atoms with Gasteiger partial charge in [0.15, 0.2) is 0 Å². The Morgan fingerprint density at radius 2 is 2.14 bits per heavy atom. The maximum absolute atomic E-state index is 11.9. The smallest absolute Gasteiger partial charge is 0.224 e. The van der Waals surface area contributed by atoms with Gasteiger partial charge in [-0.05, 0) is 44.5 Å². The van der Waals surface area contributed by atoms with Gasteiger partial charge in [-0.15, -0.1) is 0 Å². The van der Waals surface area contributed by atoms with E-state index in [1.165, 1.54) is 0 Å². The molecule has 0 aromatic heterocycles. The Morgan fingerprint density at radius 3 is 2.81 bits per heavy atom. The number of rotatable bonds is 9. The number of nitrogens with one attached hydrogen (secondary N) is 1. The van der Waals surface area contributed by atoms with E-state index in [9.17, 15) is 4.79 Å². The quantitative estimate of drug-likeness (QED) is 0.541. The van der Waals surface area contributed by atoms with Crippen molar-refractivity contribution in [3.8, 4) is 5.75 Å². The van der Waals surface area contributed by atoms with Crippen LogP contribution in [-0.4, -0.2) is 50.1 Å². The molecule has 21 heavy (non-hydrogen) atoms. The number of thioether (sulfide) groups is 1. The van der Waals surface area contributed by atoms with Gasteiger partial charge in [-0.3, -0.25) is 4.79 Å². The van der Waals surface area contributed by atoms with E-state index >= 15 is 0 Å². The second-order valence-corrected chi connectivity index (χ2v) is 6.25. The van der Waals surface area contributed by atoms with E-state index in [4.69, 9.17) is 10.5 Å². The molecule has 5 nitrogen and oxygen atoms in total. The average Bonchev–Trinajstić information content (AvgIpc) is 2.42. The lowest BCUT2D eigenvalue weighted by Crippen LogP contribution is -2.15. The van der Waals surface area contributed by atoms with Crippen LogP contribution >= 0.6 is 11.8 Å². The minimum Gasteiger partial charge on any atom is -0.495 e. The molecule has 0 fully saturated rings. The highest BCUT2D eigenvalue weighted by molar-refractivity contribution is 7.99. The van der Waals surface area contributed by atoms with Gasteiger partial charge in [0.1, 0.15) is 5.75 Å². The molecule has 1 aromatic carbocycles. The second-order valence-electron chi connectivity index (χ2n) is 5.03. The number of benzene rings is 1. The molecule has 0 atom stereocenters. The Hall–Kier alpha value is -1.40. The van der Waals surface area contributed by atoms with Crippen LogP contribution in [-0.2, 0) is 4.79 Å². The number of ether oxygens (including phenoxy) is 1. The zero-order valence-corrected chi connectivity index (χ0v) is 13.8. The number of carbonyl (C=O) groups is 1. The second kappa shape index (κ2) is 9.52. The molecule has 3 N–H and O–H groups in total. The average molecular weight is 311 g/mol.